The van der Waals surface area contributed by atoms with E-state index < -0.39 is 0 Å². The van der Waals surface area contributed by atoms with Crippen molar-refractivity contribution in [2.45, 2.75) is 46.7 Å². The molecule has 0 atom stereocenters. The minimum Gasteiger partial charge on any atom is -0.336 e. The Balaban J connectivity index is 1.40. The second kappa shape index (κ2) is 9.87. The fraction of sp³-hybridized carbons (Fsp3) is 0.407. The molecule has 3 aromatic heterocycles. The molecular weight excluding hydrogens is 456 g/mol. The first-order chi connectivity index (χ1) is 16.9. The lowest BCUT2D eigenvalue weighted by Crippen LogP contribution is -2.48. The number of thiazole rings is 1. The highest BCUT2D eigenvalue weighted by Crippen LogP contribution is 2.28. The van der Waals surface area contributed by atoms with E-state index in [4.69, 9.17) is 9.97 Å². The monoisotopic (exact) mass is 488 g/mol. The summed E-state index contributed by atoms with van der Waals surface area (Å²) in [6, 6.07) is 10.4. The fourth-order valence-electron chi connectivity index (χ4n) is 4.54. The molecule has 0 saturated carbocycles. The Labute approximate surface area is 210 Å². The number of hydrogen-bond donors (Lipinski definition) is 0. The van der Waals surface area contributed by atoms with Crippen molar-refractivity contribution in [1.29, 1.82) is 0 Å². The van der Waals surface area contributed by atoms with Crippen LogP contribution in [0.5, 0.6) is 0 Å². The second-order valence-corrected chi connectivity index (χ2v) is 10.4. The van der Waals surface area contributed by atoms with Gasteiger partial charge in [0.2, 0.25) is 0 Å². The topological polar surface area (TPSA) is 67.2 Å². The summed E-state index contributed by atoms with van der Waals surface area (Å²) >= 11 is 1.73. The summed E-state index contributed by atoms with van der Waals surface area (Å²) in [7, 11) is 0. The zero-order valence-corrected chi connectivity index (χ0v) is 21.7. The van der Waals surface area contributed by atoms with Gasteiger partial charge in [0, 0.05) is 49.7 Å². The maximum absolute atomic E-state index is 13.8. The third-order valence-corrected chi connectivity index (χ3v) is 7.62. The number of carbonyl (C=O) groups is 1. The van der Waals surface area contributed by atoms with Gasteiger partial charge in [-0.05, 0) is 33.3 Å². The molecule has 0 radical (unpaired) electrons. The summed E-state index contributed by atoms with van der Waals surface area (Å²) in [5, 5.41) is 8.72. The molecule has 0 unspecified atom stereocenters. The van der Waals surface area contributed by atoms with Crippen LogP contribution in [0.3, 0.4) is 0 Å². The molecule has 1 fully saturated rings. The van der Waals surface area contributed by atoms with E-state index in [9.17, 15) is 4.79 Å². The van der Waals surface area contributed by atoms with E-state index in [2.05, 4.69) is 67.3 Å². The molecule has 0 bridgehead atoms. The highest BCUT2D eigenvalue weighted by Gasteiger charge is 2.26. The van der Waals surface area contributed by atoms with E-state index >= 15 is 0 Å². The lowest BCUT2D eigenvalue weighted by Gasteiger charge is -2.34. The number of hydrogen-bond acceptors (Lipinski definition) is 6. The lowest BCUT2D eigenvalue weighted by molar-refractivity contribution is 0.0629. The number of pyridine rings is 1. The van der Waals surface area contributed by atoms with E-state index in [1.54, 1.807) is 17.5 Å². The summed E-state index contributed by atoms with van der Waals surface area (Å²) in [5.74, 6) is 0.0515. The first-order valence-corrected chi connectivity index (χ1v) is 13.2. The maximum atomic E-state index is 13.8. The molecule has 0 N–H and O–H groups in total. The minimum atomic E-state index is 0.0515. The van der Waals surface area contributed by atoms with Crippen molar-refractivity contribution in [3.8, 4) is 11.3 Å². The summed E-state index contributed by atoms with van der Waals surface area (Å²) in [6.45, 7) is 12.3. The molecule has 1 aliphatic rings. The molecule has 5 rings (SSSR count). The summed E-state index contributed by atoms with van der Waals surface area (Å²) in [5.41, 5.74) is 5.57. The Hall–Kier alpha value is -3.10. The molecule has 7 nitrogen and oxygen atoms in total. The number of aryl methyl sites for hydroxylation is 2. The highest BCUT2D eigenvalue weighted by molar-refractivity contribution is 7.09. The zero-order chi connectivity index (χ0) is 24.5. The van der Waals surface area contributed by atoms with E-state index in [1.807, 2.05) is 15.6 Å². The predicted octanol–water partition coefficient (Wildman–Crippen LogP) is 4.96. The number of nitrogens with zero attached hydrogens (tertiary/aromatic N) is 6. The number of rotatable bonds is 6. The van der Waals surface area contributed by atoms with Crippen molar-refractivity contribution in [3.05, 3.63) is 63.7 Å². The Kier molecular flexibility index (Phi) is 6.67. The summed E-state index contributed by atoms with van der Waals surface area (Å²) in [4.78, 5) is 27.7. The number of benzene rings is 1. The number of amides is 1. The van der Waals surface area contributed by atoms with Gasteiger partial charge in [0.1, 0.15) is 0 Å². The number of carbonyl (C=O) groups excluding carboxylic acids is 1. The van der Waals surface area contributed by atoms with Crippen molar-refractivity contribution >= 4 is 28.3 Å². The Morgan fingerprint density at radius 3 is 2.49 bits per heavy atom. The molecule has 1 saturated heterocycles. The SMILES string of the molecule is CCc1nc(CN2CCN(C(=O)c3cc(-c4ccc(C)cc4)nc4c3cnn4C(C)C)CC2)cs1. The smallest absolute Gasteiger partial charge is 0.254 e. The van der Waals surface area contributed by atoms with E-state index in [-0.39, 0.29) is 11.9 Å². The van der Waals surface area contributed by atoms with Crippen molar-refractivity contribution < 1.29 is 4.79 Å². The van der Waals surface area contributed by atoms with Gasteiger partial charge < -0.3 is 4.90 Å². The van der Waals surface area contributed by atoms with Gasteiger partial charge in [0.05, 0.1) is 33.5 Å². The van der Waals surface area contributed by atoms with Crippen LogP contribution in [-0.2, 0) is 13.0 Å². The van der Waals surface area contributed by atoms with Crippen LogP contribution in [-0.4, -0.2) is 61.6 Å². The maximum Gasteiger partial charge on any atom is 0.254 e. The van der Waals surface area contributed by atoms with Crippen molar-refractivity contribution in [2.24, 2.45) is 0 Å². The van der Waals surface area contributed by atoms with Crippen LogP contribution in [0.2, 0.25) is 0 Å². The van der Waals surface area contributed by atoms with Crippen LogP contribution >= 0.6 is 11.3 Å². The van der Waals surface area contributed by atoms with Crippen LogP contribution < -0.4 is 0 Å². The van der Waals surface area contributed by atoms with Crippen molar-refractivity contribution in [2.75, 3.05) is 26.2 Å². The molecule has 1 aromatic carbocycles. The Morgan fingerprint density at radius 2 is 1.83 bits per heavy atom. The average molecular weight is 489 g/mol. The van der Waals surface area contributed by atoms with Gasteiger partial charge in [-0.3, -0.25) is 9.69 Å². The van der Waals surface area contributed by atoms with E-state index in [0.717, 1.165) is 54.0 Å². The Morgan fingerprint density at radius 1 is 1.09 bits per heavy atom. The number of fused-ring (bicyclic) bond motifs is 1. The molecular formula is C27H32N6OS. The van der Waals surface area contributed by atoms with Crippen LogP contribution in [0.4, 0.5) is 0 Å². The fourth-order valence-corrected chi connectivity index (χ4v) is 5.27. The second-order valence-electron chi connectivity index (χ2n) is 9.50. The molecule has 4 heterocycles. The lowest BCUT2D eigenvalue weighted by atomic mass is 10.0. The standard InChI is InChI=1S/C27H32N6OS/c1-5-25-29-21(17-35-25)16-31-10-12-32(13-11-31)27(34)22-14-24(20-8-6-19(4)7-9-20)30-26-23(22)15-28-33(26)18(2)3/h6-9,14-15,17-18H,5,10-13,16H2,1-4H3. The molecule has 8 heteroatoms. The van der Waals surface area contributed by atoms with Crippen LogP contribution in [0, 0.1) is 6.92 Å². The number of aromatic nitrogens is 4. The van der Waals surface area contributed by atoms with Crippen LogP contribution in [0.25, 0.3) is 22.3 Å². The minimum absolute atomic E-state index is 0.0515. The van der Waals surface area contributed by atoms with E-state index in [0.29, 0.717) is 18.7 Å². The molecule has 4 aromatic rings. The predicted molar refractivity (Wildman–Crippen MR) is 141 cm³/mol. The van der Waals surface area contributed by atoms with Gasteiger partial charge in [-0.1, -0.05) is 36.8 Å². The van der Waals surface area contributed by atoms with Gasteiger partial charge in [0.25, 0.3) is 5.91 Å². The normalized spacial score (nSPS) is 14.8. The first kappa shape index (κ1) is 23.6. The van der Waals surface area contributed by atoms with Gasteiger partial charge in [-0.15, -0.1) is 11.3 Å². The molecule has 182 valence electrons. The van der Waals surface area contributed by atoms with Gasteiger partial charge >= 0.3 is 0 Å². The van der Waals surface area contributed by atoms with Crippen LogP contribution in [0.15, 0.2) is 41.9 Å². The quantitative estimate of drug-likeness (QED) is 0.384. The van der Waals surface area contributed by atoms with Crippen molar-refractivity contribution in [1.82, 2.24) is 29.5 Å². The average Bonchev–Trinajstić information content (AvgIpc) is 3.51. The zero-order valence-electron chi connectivity index (χ0n) is 20.9. The highest BCUT2D eigenvalue weighted by atomic mass is 32.1. The molecule has 0 aliphatic carbocycles. The largest absolute Gasteiger partial charge is 0.336 e. The van der Waals surface area contributed by atoms with Gasteiger partial charge in [-0.25, -0.2) is 14.6 Å². The van der Waals surface area contributed by atoms with Gasteiger partial charge in [-0.2, -0.15) is 5.10 Å². The summed E-state index contributed by atoms with van der Waals surface area (Å²) < 4.78 is 1.90. The van der Waals surface area contributed by atoms with Crippen molar-refractivity contribution in [3.63, 3.8) is 0 Å². The third kappa shape index (κ3) is 4.86. The number of piperazine rings is 1. The Bertz CT molecular complexity index is 1330. The first-order valence-electron chi connectivity index (χ1n) is 12.3. The molecule has 1 aliphatic heterocycles. The van der Waals surface area contributed by atoms with Gasteiger partial charge in [0.15, 0.2) is 5.65 Å². The molecule has 1 amide bonds. The molecule has 35 heavy (non-hydrogen) atoms. The third-order valence-electron chi connectivity index (χ3n) is 6.58. The van der Waals surface area contributed by atoms with E-state index in [1.165, 1.54) is 10.6 Å². The molecule has 0 spiro atoms. The van der Waals surface area contributed by atoms with Crippen LogP contribution in [0.1, 0.15) is 53.4 Å². The summed E-state index contributed by atoms with van der Waals surface area (Å²) in [6.07, 6.45) is 2.77.